The number of aromatic nitrogens is 3. The van der Waals surface area contributed by atoms with Crippen LogP contribution in [0.4, 0.5) is 0 Å². The van der Waals surface area contributed by atoms with Crippen LogP contribution in [-0.2, 0) is 11.3 Å². The smallest absolute Gasteiger partial charge is 0.343 e. The third-order valence-electron chi connectivity index (χ3n) is 4.11. The molecular formula is C15H26N4O2S. The van der Waals surface area contributed by atoms with Gasteiger partial charge in [0.25, 0.3) is 0 Å². The molecule has 1 aliphatic rings. The number of carbonyl (C=O) groups is 1. The van der Waals surface area contributed by atoms with E-state index in [1.54, 1.807) is 4.57 Å². The molecule has 1 heterocycles. The highest BCUT2D eigenvalue weighted by Crippen LogP contribution is 2.23. The molecule has 1 saturated carbocycles. The Balaban J connectivity index is 1.84. The lowest BCUT2D eigenvalue weighted by atomic mass is 9.89. The number of nitrogens with zero attached hydrogens (tertiary/aromatic N) is 2. The number of carbonyl (C=O) groups excluding carboxylic acids is 1. The third kappa shape index (κ3) is 4.63. The molecule has 1 aliphatic carbocycles. The van der Waals surface area contributed by atoms with Gasteiger partial charge in [0, 0.05) is 13.1 Å². The molecule has 0 saturated heterocycles. The summed E-state index contributed by atoms with van der Waals surface area (Å²) in [5.74, 6) is 0.646. The quantitative estimate of drug-likeness (QED) is 0.753. The van der Waals surface area contributed by atoms with Crippen molar-refractivity contribution in [1.82, 2.24) is 20.1 Å². The summed E-state index contributed by atoms with van der Waals surface area (Å²) >= 11 is 1.33. The molecule has 6 nitrogen and oxygen atoms in total. The van der Waals surface area contributed by atoms with Crippen molar-refractivity contribution in [2.24, 2.45) is 5.92 Å². The van der Waals surface area contributed by atoms with Gasteiger partial charge in [-0.15, -0.1) is 5.10 Å². The van der Waals surface area contributed by atoms with Crippen molar-refractivity contribution in [1.29, 1.82) is 0 Å². The van der Waals surface area contributed by atoms with Crippen LogP contribution in [0.2, 0.25) is 0 Å². The van der Waals surface area contributed by atoms with Crippen LogP contribution in [0.1, 0.15) is 52.4 Å². The van der Waals surface area contributed by atoms with Gasteiger partial charge < -0.3 is 5.32 Å². The number of hydrogen-bond donors (Lipinski definition) is 2. The lowest BCUT2D eigenvalue weighted by molar-refractivity contribution is -0.120. The second-order valence-corrected chi connectivity index (χ2v) is 7.28. The van der Waals surface area contributed by atoms with Crippen LogP contribution in [0, 0.1) is 5.92 Å². The molecule has 0 radical (unpaired) electrons. The van der Waals surface area contributed by atoms with Crippen molar-refractivity contribution in [3.63, 3.8) is 0 Å². The Labute approximate surface area is 135 Å². The summed E-state index contributed by atoms with van der Waals surface area (Å²) in [4.78, 5) is 23.9. The Hall–Kier alpha value is -1.24. The van der Waals surface area contributed by atoms with E-state index in [4.69, 9.17) is 0 Å². The monoisotopic (exact) mass is 326 g/mol. The predicted molar refractivity (Wildman–Crippen MR) is 88.0 cm³/mol. The Morgan fingerprint density at radius 3 is 2.86 bits per heavy atom. The van der Waals surface area contributed by atoms with Gasteiger partial charge >= 0.3 is 5.69 Å². The van der Waals surface area contributed by atoms with Gasteiger partial charge in [0.15, 0.2) is 5.16 Å². The average Bonchev–Trinajstić information content (AvgIpc) is 2.87. The fraction of sp³-hybridized carbons (Fsp3) is 0.800. The number of thioether (sulfide) groups is 1. The number of hydrogen-bond acceptors (Lipinski definition) is 4. The van der Waals surface area contributed by atoms with E-state index in [0.29, 0.717) is 17.6 Å². The highest BCUT2D eigenvalue weighted by molar-refractivity contribution is 8.00. The molecular weight excluding hydrogens is 300 g/mol. The summed E-state index contributed by atoms with van der Waals surface area (Å²) in [6, 6.07) is 0. The Morgan fingerprint density at radius 2 is 2.18 bits per heavy atom. The summed E-state index contributed by atoms with van der Waals surface area (Å²) in [6.07, 6.45) is 7.18. The minimum atomic E-state index is -0.255. The molecule has 7 heteroatoms. The lowest BCUT2D eigenvalue weighted by Gasteiger charge is -2.22. The van der Waals surface area contributed by atoms with Gasteiger partial charge in [-0.2, -0.15) is 0 Å². The van der Waals surface area contributed by atoms with Crippen molar-refractivity contribution in [2.45, 2.75) is 69.3 Å². The lowest BCUT2D eigenvalue weighted by Crippen LogP contribution is -2.35. The summed E-state index contributed by atoms with van der Waals surface area (Å²) in [7, 11) is 0. The second kappa shape index (κ2) is 8.41. The molecule has 124 valence electrons. The molecule has 22 heavy (non-hydrogen) atoms. The average molecular weight is 326 g/mol. The third-order valence-corrected chi connectivity index (χ3v) is 5.20. The van der Waals surface area contributed by atoms with Crippen LogP contribution in [0.3, 0.4) is 0 Å². The SMILES string of the molecule is CCCn1c(SC(C)C(=O)NCC2CCCCC2)n[nH]c1=O. The number of rotatable bonds is 7. The van der Waals surface area contributed by atoms with E-state index in [-0.39, 0.29) is 16.8 Å². The molecule has 0 aromatic carbocycles. The van der Waals surface area contributed by atoms with E-state index < -0.39 is 0 Å². The van der Waals surface area contributed by atoms with Crippen LogP contribution >= 0.6 is 11.8 Å². The highest BCUT2D eigenvalue weighted by atomic mass is 32.2. The van der Waals surface area contributed by atoms with Crippen LogP contribution in [0.25, 0.3) is 0 Å². The summed E-state index contributed by atoms with van der Waals surface area (Å²) < 4.78 is 1.59. The van der Waals surface area contributed by atoms with Gasteiger partial charge in [-0.05, 0) is 32.1 Å². The van der Waals surface area contributed by atoms with Crippen LogP contribution < -0.4 is 11.0 Å². The summed E-state index contributed by atoms with van der Waals surface area (Å²) in [6.45, 7) is 5.25. The molecule has 1 aromatic rings. The van der Waals surface area contributed by atoms with Gasteiger partial charge in [0.1, 0.15) is 0 Å². The molecule has 1 amide bonds. The van der Waals surface area contributed by atoms with E-state index >= 15 is 0 Å². The molecule has 1 aromatic heterocycles. The Morgan fingerprint density at radius 1 is 1.45 bits per heavy atom. The second-order valence-electron chi connectivity index (χ2n) is 5.97. The first-order valence-electron chi connectivity index (χ1n) is 8.21. The minimum absolute atomic E-state index is 0.0223. The van der Waals surface area contributed by atoms with Crippen LogP contribution in [-0.4, -0.2) is 32.5 Å². The summed E-state index contributed by atoms with van der Waals surface area (Å²) in [5, 5.41) is 9.85. The number of amides is 1. The van der Waals surface area contributed by atoms with Crippen LogP contribution in [0.5, 0.6) is 0 Å². The first kappa shape index (κ1) is 17.1. The van der Waals surface area contributed by atoms with Gasteiger partial charge in [-0.25, -0.2) is 9.89 Å². The molecule has 1 fully saturated rings. The zero-order chi connectivity index (χ0) is 15.9. The Bertz CT molecular complexity index is 534. The predicted octanol–water partition coefficient (Wildman–Crippen LogP) is 2.16. The van der Waals surface area contributed by atoms with E-state index in [1.165, 1.54) is 43.9 Å². The maximum Gasteiger partial charge on any atom is 0.343 e. The fourth-order valence-corrected chi connectivity index (χ4v) is 3.71. The van der Waals surface area contributed by atoms with Crippen molar-refractivity contribution in [3.8, 4) is 0 Å². The van der Waals surface area contributed by atoms with Gasteiger partial charge in [-0.1, -0.05) is 37.9 Å². The standard InChI is InChI=1S/C15H26N4O2S/c1-3-9-19-14(21)17-18-15(19)22-11(2)13(20)16-10-12-7-5-4-6-8-12/h11-12H,3-10H2,1-2H3,(H,16,20)(H,17,21). The summed E-state index contributed by atoms with van der Waals surface area (Å²) in [5.41, 5.74) is -0.209. The van der Waals surface area contributed by atoms with Crippen molar-refractivity contribution < 1.29 is 4.79 Å². The maximum absolute atomic E-state index is 12.2. The minimum Gasteiger partial charge on any atom is -0.355 e. The molecule has 0 bridgehead atoms. The number of aromatic amines is 1. The molecule has 1 unspecified atom stereocenters. The first-order valence-corrected chi connectivity index (χ1v) is 9.09. The topological polar surface area (TPSA) is 79.8 Å². The Kier molecular flexibility index (Phi) is 6.54. The van der Waals surface area contributed by atoms with E-state index in [0.717, 1.165) is 13.0 Å². The highest BCUT2D eigenvalue weighted by Gasteiger charge is 2.20. The van der Waals surface area contributed by atoms with Crippen molar-refractivity contribution in [2.75, 3.05) is 6.54 Å². The molecule has 0 aliphatic heterocycles. The maximum atomic E-state index is 12.2. The van der Waals surface area contributed by atoms with Gasteiger partial charge in [0.2, 0.25) is 5.91 Å². The zero-order valence-electron chi connectivity index (χ0n) is 13.4. The fourth-order valence-electron chi connectivity index (χ4n) is 2.81. The zero-order valence-corrected chi connectivity index (χ0v) is 14.2. The van der Waals surface area contributed by atoms with Gasteiger partial charge in [0.05, 0.1) is 5.25 Å². The molecule has 2 rings (SSSR count). The van der Waals surface area contributed by atoms with Crippen molar-refractivity contribution >= 4 is 17.7 Å². The number of H-pyrrole nitrogens is 1. The van der Waals surface area contributed by atoms with E-state index in [2.05, 4.69) is 15.5 Å². The van der Waals surface area contributed by atoms with E-state index in [9.17, 15) is 9.59 Å². The van der Waals surface area contributed by atoms with Gasteiger partial charge in [-0.3, -0.25) is 9.36 Å². The van der Waals surface area contributed by atoms with Crippen LogP contribution in [0.15, 0.2) is 9.95 Å². The van der Waals surface area contributed by atoms with Crippen molar-refractivity contribution in [3.05, 3.63) is 10.5 Å². The first-order chi connectivity index (χ1) is 10.6. The van der Waals surface area contributed by atoms with E-state index in [1.807, 2.05) is 13.8 Å². The largest absolute Gasteiger partial charge is 0.355 e. The molecule has 0 spiro atoms. The number of nitrogens with one attached hydrogen (secondary N) is 2. The molecule has 1 atom stereocenters. The normalized spacial score (nSPS) is 17.4. The molecule has 2 N–H and O–H groups in total.